The van der Waals surface area contributed by atoms with Crippen molar-refractivity contribution in [1.29, 1.82) is 0 Å². The van der Waals surface area contributed by atoms with Crippen LogP contribution in [0.4, 0.5) is 0 Å². The third-order valence-electron chi connectivity index (χ3n) is 10.9. The minimum Gasteiger partial charge on any atom is -0.497 e. The number of methoxy groups -OCH3 is 2. The van der Waals surface area contributed by atoms with Gasteiger partial charge in [0.2, 0.25) is 11.8 Å². The molecule has 7 rings (SSSR count). The fraction of sp³-hybridized carbons (Fsp3) is 0.298. The van der Waals surface area contributed by atoms with Crippen molar-refractivity contribution in [2.24, 2.45) is 5.92 Å². The molecule has 2 aliphatic rings. The predicted molar refractivity (Wildman–Crippen MR) is 227 cm³/mol. The third-order valence-corrected chi connectivity index (χ3v) is 11.7. The van der Waals surface area contributed by atoms with Crippen LogP contribution in [0, 0.1) is 5.92 Å². The van der Waals surface area contributed by atoms with Gasteiger partial charge in [-0.1, -0.05) is 102 Å². The average molecular weight is 789 g/mol. The van der Waals surface area contributed by atoms with E-state index in [2.05, 4.69) is 41.0 Å². The molecule has 0 spiro atoms. The minimum absolute atomic E-state index is 0.153. The first kappa shape index (κ1) is 39.3. The summed E-state index contributed by atoms with van der Waals surface area (Å²) in [5, 5.41) is 7.74. The van der Waals surface area contributed by atoms with E-state index in [1.165, 1.54) is 5.56 Å². The number of carbonyl (C=O) groups excluding carboxylic acids is 2. The summed E-state index contributed by atoms with van der Waals surface area (Å²) < 4.78 is 11.1. The van der Waals surface area contributed by atoms with E-state index in [0.717, 1.165) is 88.9 Å². The number of pyridine rings is 1. The number of benzene rings is 4. The number of nitrogens with zero attached hydrogens (tertiary/aromatic N) is 1. The first-order valence-electron chi connectivity index (χ1n) is 19.4. The van der Waals surface area contributed by atoms with Gasteiger partial charge in [-0.05, 0) is 91.1 Å². The first-order chi connectivity index (χ1) is 27.3. The van der Waals surface area contributed by atoms with Crippen LogP contribution in [0.25, 0.3) is 45.7 Å². The summed E-state index contributed by atoms with van der Waals surface area (Å²) in [5.74, 6) is 2.24. The summed E-state index contributed by atoms with van der Waals surface area (Å²) in [5.41, 5.74) is 9.38. The summed E-state index contributed by atoms with van der Waals surface area (Å²) in [6.45, 7) is 1.38. The van der Waals surface area contributed by atoms with Gasteiger partial charge in [0.1, 0.15) is 11.5 Å². The molecule has 5 aromatic rings. The van der Waals surface area contributed by atoms with E-state index in [4.69, 9.17) is 37.7 Å². The maximum Gasteiger partial charge on any atom is 0.220 e. The normalized spacial score (nSPS) is 16.8. The third kappa shape index (κ3) is 9.35. The Balaban J connectivity index is 1.14. The molecule has 1 amide bonds. The summed E-state index contributed by atoms with van der Waals surface area (Å²) in [6, 6.07) is 30.8. The minimum atomic E-state index is 0.153. The van der Waals surface area contributed by atoms with Gasteiger partial charge in [-0.15, -0.1) is 0 Å². The van der Waals surface area contributed by atoms with Gasteiger partial charge in [0.05, 0.1) is 30.0 Å². The Morgan fingerprint density at radius 3 is 2.23 bits per heavy atom. The number of rotatable bonds is 15. The summed E-state index contributed by atoms with van der Waals surface area (Å²) in [4.78, 5) is 28.3. The Labute approximate surface area is 339 Å². The van der Waals surface area contributed by atoms with Crippen molar-refractivity contribution in [3.05, 3.63) is 123 Å². The van der Waals surface area contributed by atoms with Crippen LogP contribution in [-0.2, 0) is 22.6 Å². The Hall–Kier alpha value is -4.95. The number of Topliss-reactive ketones (excluding diaryl/α,β-unsaturated/α-hetero) is 1. The van der Waals surface area contributed by atoms with E-state index in [1.807, 2.05) is 72.8 Å². The smallest absolute Gasteiger partial charge is 0.220 e. The SMILES string of the molecule is COc1ccc(/C=C/c2cc(-c3cccc(-c4cccc(-c5ccc(CNC[C@H]6CCC(=O)C6)c(OC)n5)c4Cl)c3Cl)ccc2CCC[C@H]2CCC(=O)N2)cc1. The molecule has 288 valence electrons. The molecule has 1 aliphatic heterocycles. The van der Waals surface area contributed by atoms with Gasteiger partial charge in [0, 0.05) is 59.7 Å². The zero-order valence-electron chi connectivity index (χ0n) is 31.9. The van der Waals surface area contributed by atoms with Crippen molar-refractivity contribution in [2.75, 3.05) is 20.8 Å². The quantitative estimate of drug-likeness (QED) is 0.103. The van der Waals surface area contributed by atoms with Crippen LogP contribution in [-0.4, -0.2) is 43.5 Å². The lowest BCUT2D eigenvalue weighted by Crippen LogP contribution is -2.25. The number of ketones is 1. The number of ether oxygens (including phenoxy) is 2. The van der Waals surface area contributed by atoms with Gasteiger partial charge in [-0.2, -0.15) is 0 Å². The molecule has 1 saturated heterocycles. The van der Waals surface area contributed by atoms with E-state index in [1.54, 1.807) is 14.2 Å². The molecule has 2 fully saturated rings. The monoisotopic (exact) mass is 787 g/mol. The first-order valence-corrected chi connectivity index (χ1v) is 20.1. The summed E-state index contributed by atoms with van der Waals surface area (Å²) in [7, 11) is 3.29. The van der Waals surface area contributed by atoms with Crippen molar-refractivity contribution in [3.8, 4) is 45.1 Å². The molecule has 1 aliphatic carbocycles. The van der Waals surface area contributed by atoms with E-state index in [0.29, 0.717) is 59.1 Å². The number of aryl methyl sites for hydroxylation is 1. The second-order valence-corrected chi connectivity index (χ2v) is 15.4. The van der Waals surface area contributed by atoms with Gasteiger partial charge < -0.3 is 20.1 Å². The molecular formula is C47H47Cl2N3O4. The second-order valence-electron chi connectivity index (χ2n) is 14.7. The van der Waals surface area contributed by atoms with Crippen LogP contribution in [0.1, 0.15) is 67.2 Å². The molecule has 1 saturated carbocycles. The topological polar surface area (TPSA) is 89.6 Å². The van der Waals surface area contributed by atoms with Gasteiger partial charge in [-0.3, -0.25) is 9.59 Å². The molecule has 0 radical (unpaired) electrons. The number of aromatic nitrogens is 1. The standard InChI is InChI=1S/C47H47Cl2N3O4/c1-55-38-22-14-30(15-23-38)12-16-33-27-34(18-17-32(33)6-3-7-36-20-25-44(54)51-36)39-8-4-9-40(45(39)48)41-10-5-11-42(46(41)49)43-24-19-35(47(52-43)56-2)29-50-28-31-13-21-37(53)26-31/h4-5,8-12,14-19,22-24,27,31,36,50H,3,6-7,13,20-21,25-26,28-29H2,1-2H3,(H,51,54)/b16-12+/t31-,36-/m0/s1. The average Bonchev–Trinajstić information content (AvgIpc) is 3.84. The summed E-state index contributed by atoms with van der Waals surface area (Å²) >= 11 is 14.5. The Kier molecular flexibility index (Phi) is 12.9. The van der Waals surface area contributed by atoms with Crippen LogP contribution in [0.15, 0.2) is 91.0 Å². The van der Waals surface area contributed by atoms with Crippen molar-refractivity contribution in [3.63, 3.8) is 0 Å². The maximum absolute atomic E-state index is 11.8. The van der Waals surface area contributed by atoms with Crippen LogP contribution < -0.4 is 20.1 Å². The lowest BCUT2D eigenvalue weighted by molar-refractivity contribution is -0.119. The number of hydrogen-bond donors (Lipinski definition) is 2. The van der Waals surface area contributed by atoms with Crippen molar-refractivity contribution in [1.82, 2.24) is 15.6 Å². The van der Waals surface area contributed by atoms with Gasteiger partial charge in [0.25, 0.3) is 0 Å². The Morgan fingerprint density at radius 2 is 1.54 bits per heavy atom. The van der Waals surface area contributed by atoms with Gasteiger partial charge in [0.15, 0.2) is 0 Å². The number of nitrogens with one attached hydrogen (secondary N) is 2. The van der Waals surface area contributed by atoms with E-state index >= 15 is 0 Å². The Morgan fingerprint density at radius 1 is 0.804 bits per heavy atom. The number of amides is 1. The second kappa shape index (κ2) is 18.3. The van der Waals surface area contributed by atoms with Crippen LogP contribution in [0.3, 0.4) is 0 Å². The van der Waals surface area contributed by atoms with Crippen molar-refractivity contribution in [2.45, 2.75) is 64.0 Å². The largest absolute Gasteiger partial charge is 0.497 e. The molecule has 7 nitrogen and oxygen atoms in total. The number of carbonyl (C=O) groups is 2. The zero-order chi connectivity index (χ0) is 39.0. The summed E-state index contributed by atoms with van der Waals surface area (Å²) in [6.07, 6.45) is 10.9. The molecule has 56 heavy (non-hydrogen) atoms. The molecule has 2 N–H and O–H groups in total. The zero-order valence-corrected chi connectivity index (χ0v) is 33.4. The van der Waals surface area contributed by atoms with E-state index in [9.17, 15) is 9.59 Å². The van der Waals surface area contributed by atoms with Gasteiger partial charge >= 0.3 is 0 Å². The van der Waals surface area contributed by atoms with Crippen LogP contribution in [0.5, 0.6) is 11.6 Å². The van der Waals surface area contributed by atoms with E-state index < -0.39 is 0 Å². The molecule has 9 heteroatoms. The molecule has 0 unspecified atom stereocenters. The molecule has 1 aromatic heterocycles. The number of halogens is 2. The Bertz CT molecular complexity index is 2240. The van der Waals surface area contributed by atoms with Crippen LogP contribution in [0.2, 0.25) is 10.0 Å². The fourth-order valence-electron chi connectivity index (χ4n) is 7.79. The van der Waals surface area contributed by atoms with Crippen LogP contribution >= 0.6 is 23.2 Å². The van der Waals surface area contributed by atoms with Gasteiger partial charge in [-0.25, -0.2) is 4.98 Å². The molecule has 0 bridgehead atoms. The highest BCUT2D eigenvalue weighted by Gasteiger charge is 2.23. The van der Waals surface area contributed by atoms with E-state index in [-0.39, 0.29) is 11.9 Å². The molecular weight excluding hydrogens is 741 g/mol. The fourth-order valence-corrected chi connectivity index (χ4v) is 8.45. The predicted octanol–water partition coefficient (Wildman–Crippen LogP) is 10.6. The molecule has 2 atom stereocenters. The highest BCUT2D eigenvalue weighted by molar-refractivity contribution is 6.39. The molecule has 2 heterocycles. The highest BCUT2D eigenvalue weighted by Crippen LogP contribution is 2.43. The van der Waals surface area contributed by atoms with Crippen molar-refractivity contribution >= 4 is 47.0 Å². The lowest BCUT2D eigenvalue weighted by Gasteiger charge is -2.16. The number of hydrogen-bond acceptors (Lipinski definition) is 6. The molecule has 4 aromatic carbocycles. The van der Waals surface area contributed by atoms with Crippen molar-refractivity contribution < 1.29 is 19.1 Å². The highest BCUT2D eigenvalue weighted by atomic mass is 35.5. The lowest BCUT2D eigenvalue weighted by atomic mass is 9.93. The maximum atomic E-state index is 11.8.